The van der Waals surface area contributed by atoms with Crippen LogP contribution in [0.2, 0.25) is 0 Å². The first kappa shape index (κ1) is 11.6. The van der Waals surface area contributed by atoms with Crippen molar-refractivity contribution in [2.75, 3.05) is 0 Å². The number of hydrogen-bond acceptors (Lipinski definition) is 3. The first-order valence-corrected chi connectivity index (χ1v) is 5.78. The second-order valence-electron chi connectivity index (χ2n) is 3.49. The molecule has 1 N–H and O–H groups in total. The molecule has 1 atom stereocenters. The molecule has 4 heteroatoms. The van der Waals surface area contributed by atoms with E-state index in [0.717, 1.165) is 22.7 Å². The van der Waals surface area contributed by atoms with Crippen molar-refractivity contribution in [1.29, 1.82) is 0 Å². The van der Waals surface area contributed by atoms with Gasteiger partial charge >= 0.3 is 0 Å². The summed E-state index contributed by atoms with van der Waals surface area (Å²) in [4.78, 5) is 0. The molecule has 1 aromatic rings. The fourth-order valence-corrected chi connectivity index (χ4v) is 2.38. The van der Waals surface area contributed by atoms with Crippen LogP contribution in [0.4, 0.5) is 0 Å². The summed E-state index contributed by atoms with van der Waals surface area (Å²) in [6, 6.07) is 0. The number of aromatic nitrogens is 2. The average molecular weight is 214 g/mol. The Bertz CT molecular complexity index is 309. The summed E-state index contributed by atoms with van der Waals surface area (Å²) >= 11 is 1.78. The van der Waals surface area contributed by atoms with E-state index in [2.05, 4.69) is 18.9 Å². The lowest BCUT2D eigenvalue weighted by Crippen LogP contribution is -1.99. The molecule has 14 heavy (non-hydrogen) atoms. The zero-order valence-electron chi connectivity index (χ0n) is 9.24. The molecule has 80 valence electrons. The van der Waals surface area contributed by atoms with Crippen molar-refractivity contribution in [3.8, 4) is 0 Å². The number of aliphatic hydroxyl groups excluding tert-OH is 1. The summed E-state index contributed by atoms with van der Waals surface area (Å²) < 4.78 is 1.86. The maximum Gasteiger partial charge on any atom is 0.0997 e. The molecule has 0 saturated heterocycles. The van der Waals surface area contributed by atoms with Crippen LogP contribution in [0, 0.1) is 6.92 Å². The van der Waals surface area contributed by atoms with Gasteiger partial charge in [0.05, 0.1) is 17.3 Å². The number of thioether (sulfide) groups is 1. The van der Waals surface area contributed by atoms with Gasteiger partial charge in [-0.2, -0.15) is 5.10 Å². The number of aliphatic hydroxyl groups is 1. The van der Waals surface area contributed by atoms with E-state index in [-0.39, 0.29) is 6.61 Å². The predicted octanol–water partition coefficient (Wildman–Crippen LogP) is 2.11. The SMILES string of the molecule is CCC(C)Sc1c(CO)c(C)nn1C. The van der Waals surface area contributed by atoms with Crippen LogP contribution in [0.25, 0.3) is 0 Å². The van der Waals surface area contributed by atoms with Crippen molar-refractivity contribution < 1.29 is 5.11 Å². The third-order valence-electron chi connectivity index (χ3n) is 2.33. The lowest BCUT2D eigenvalue weighted by molar-refractivity contribution is 0.277. The van der Waals surface area contributed by atoms with Gasteiger partial charge in [0.15, 0.2) is 0 Å². The van der Waals surface area contributed by atoms with Crippen LogP contribution in [0.15, 0.2) is 5.03 Å². The van der Waals surface area contributed by atoms with E-state index in [4.69, 9.17) is 0 Å². The first-order valence-electron chi connectivity index (χ1n) is 4.90. The largest absolute Gasteiger partial charge is 0.392 e. The molecule has 1 heterocycles. The third kappa shape index (κ3) is 2.30. The fraction of sp³-hybridized carbons (Fsp3) is 0.700. The Balaban J connectivity index is 2.94. The molecule has 0 aromatic carbocycles. The van der Waals surface area contributed by atoms with Crippen LogP contribution in [-0.2, 0) is 13.7 Å². The minimum absolute atomic E-state index is 0.0818. The standard InChI is InChI=1S/C10H18N2OS/c1-5-7(2)14-10-9(6-13)8(3)11-12(10)4/h7,13H,5-6H2,1-4H3. The van der Waals surface area contributed by atoms with Crippen LogP contribution in [0.5, 0.6) is 0 Å². The van der Waals surface area contributed by atoms with Crippen LogP contribution in [0.1, 0.15) is 31.5 Å². The Hall–Kier alpha value is -0.480. The van der Waals surface area contributed by atoms with Gasteiger partial charge < -0.3 is 5.11 Å². The Labute approximate surface area is 89.5 Å². The molecule has 0 amide bonds. The van der Waals surface area contributed by atoms with E-state index < -0.39 is 0 Å². The van der Waals surface area contributed by atoms with E-state index in [1.165, 1.54) is 0 Å². The zero-order valence-corrected chi connectivity index (χ0v) is 10.1. The molecule has 0 fully saturated rings. The summed E-state index contributed by atoms with van der Waals surface area (Å²) in [5, 5.41) is 15.2. The Kier molecular flexibility index (Phi) is 4.01. The minimum Gasteiger partial charge on any atom is -0.392 e. The van der Waals surface area contributed by atoms with Crippen LogP contribution in [0.3, 0.4) is 0 Å². The van der Waals surface area contributed by atoms with E-state index in [1.807, 2.05) is 18.7 Å². The summed E-state index contributed by atoms with van der Waals surface area (Å²) in [7, 11) is 1.93. The maximum absolute atomic E-state index is 9.23. The molecule has 0 aliphatic carbocycles. The van der Waals surface area contributed by atoms with Crippen molar-refractivity contribution in [2.45, 2.75) is 44.1 Å². The van der Waals surface area contributed by atoms with Gasteiger partial charge in [-0.25, -0.2) is 0 Å². The highest BCUT2D eigenvalue weighted by Crippen LogP contribution is 2.29. The summed E-state index contributed by atoms with van der Waals surface area (Å²) in [6.07, 6.45) is 1.12. The van der Waals surface area contributed by atoms with E-state index >= 15 is 0 Å². The summed E-state index contributed by atoms with van der Waals surface area (Å²) in [6.45, 7) is 6.37. The molecular formula is C10H18N2OS. The predicted molar refractivity (Wildman–Crippen MR) is 59.5 cm³/mol. The quantitative estimate of drug-likeness (QED) is 0.780. The average Bonchev–Trinajstić information content (AvgIpc) is 2.41. The Morgan fingerprint density at radius 1 is 1.57 bits per heavy atom. The highest BCUT2D eigenvalue weighted by molar-refractivity contribution is 7.99. The molecule has 1 rings (SSSR count). The minimum atomic E-state index is 0.0818. The fourth-order valence-electron chi connectivity index (χ4n) is 1.28. The van der Waals surface area contributed by atoms with Gasteiger partial charge in [-0.3, -0.25) is 4.68 Å². The normalized spacial score (nSPS) is 13.2. The van der Waals surface area contributed by atoms with Gasteiger partial charge in [-0.1, -0.05) is 13.8 Å². The van der Waals surface area contributed by atoms with Crippen LogP contribution >= 0.6 is 11.8 Å². The van der Waals surface area contributed by atoms with Crippen LogP contribution in [-0.4, -0.2) is 20.1 Å². The van der Waals surface area contributed by atoms with Gasteiger partial charge in [0.2, 0.25) is 0 Å². The molecule has 3 nitrogen and oxygen atoms in total. The van der Waals surface area contributed by atoms with Gasteiger partial charge in [-0.15, -0.1) is 11.8 Å². The monoisotopic (exact) mass is 214 g/mol. The van der Waals surface area contributed by atoms with Gasteiger partial charge in [0.25, 0.3) is 0 Å². The topological polar surface area (TPSA) is 38.1 Å². The third-order valence-corrected chi connectivity index (χ3v) is 3.80. The van der Waals surface area contributed by atoms with E-state index in [0.29, 0.717) is 5.25 Å². The lowest BCUT2D eigenvalue weighted by Gasteiger charge is -2.09. The molecule has 0 bridgehead atoms. The van der Waals surface area contributed by atoms with Crippen molar-refractivity contribution in [2.24, 2.45) is 7.05 Å². The summed E-state index contributed by atoms with van der Waals surface area (Å²) in [5.74, 6) is 0. The molecular weight excluding hydrogens is 196 g/mol. The maximum atomic E-state index is 9.23. The molecule has 0 saturated carbocycles. The Morgan fingerprint density at radius 2 is 2.21 bits per heavy atom. The number of nitrogens with zero attached hydrogens (tertiary/aromatic N) is 2. The molecule has 1 aromatic heterocycles. The van der Waals surface area contributed by atoms with Crippen molar-refractivity contribution in [3.05, 3.63) is 11.3 Å². The van der Waals surface area contributed by atoms with Gasteiger partial charge in [-0.05, 0) is 13.3 Å². The number of hydrogen-bond donors (Lipinski definition) is 1. The zero-order chi connectivity index (χ0) is 10.7. The molecule has 0 aliphatic rings. The van der Waals surface area contributed by atoms with Crippen molar-refractivity contribution >= 4 is 11.8 Å². The van der Waals surface area contributed by atoms with Crippen LogP contribution < -0.4 is 0 Å². The van der Waals surface area contributed by atoms with Crippen molar-refractivity contribution in [3.63, 3.8) is 0 Å². The molecule has 0 spiro atoms. The van der Waals surface area contributed by atoms with Gasteiger partial charge in [0.1, 0.15) is 0 Å². The molecule has 1 unspecified atom stereocenters. The summed E-state index contributed by atoms with van der Waals surface area (Å²) in [5.41, 5.74) is 1.90. The van der Waals surface area contributed by atoms with Gasteiger partial charge in [0, 0.05) is 17.9 Å². The van der Waals surface area contributed by atoms with E-state index in [1.54, 1.807) is 11.8 Å². The highest BCUT2D eigenvalue weighted by atomic mass is 32.2. The molecule has 0 aliphatic heterocycles. The second-order valence-corrected chi connectivity index (χ2v) is 4.91. The Morgan fingerprint density at radius 3 is 2.71 bits per heavy atom. The van der Waals surface area contributed by atoms with Crippen molar-refractivity contribution in [1.82, 2.24) is 9.78 Å². The van der Waals surface area contributed by atoms with E-state index in [9.17, 15) is 5.11 Å². The molecule has 0 radical (unpaired) electrons. The highest BCUT2D eigenvalue weighted by Gasteiger charge is 2.14. The number of aryl methyl sites for hydroxylation is 2. The lowest BCUT2D eigenvalue weighted by atomic mass is 10.3. The smallest absolute Gasteiger partial charge is 0.0997 e. The second kappa shape index (κ2) is 4.84. The first-order chi connectivity index (χ1) is 6.60. The number of rotatable bonds is 4.